The molecule has 3 heterocycles. The zero-order chi connectivity index (χ0) is 17.1. The predicted molar refractivity (Wildman–Crippen MR) is 96.1 cm³/mol. The summed E-state index contributed by atoms with van der Waals surface area (Å²) in [5.74, 6) is 1.95. The van der Waals surface area contributed by atoms with Crippen LogP contribution in [0.2, 0.25) is 0 Å². The van der Waals surface area contributed by atoms with E-state index in [0.29, 0.717) is 0 Å². The fraction of sp³-hybridized carbons (Fsp3) is 0.579. The molecule has 2 aliphatic rings. The van der Waals surface area contributed by atoms with Crippen LogP contribution in [0, 0.1) is 6.92 Å². The second-order valence-corrected chi connectivity index (χ2v) is 7.10. The number of fused-ring (bicyclic) bond motifs is 1. The number of hydrogen-bond acceptors (Lipinski definition) is 5. The highest BCUT2D eigenvalue weighted by molar-refractivity contribution is 5.14. The molecule has 25 heavy (non-hydrogen) atoms. The maximum atomic E-state index is 6.14. The molecule has 4 rings (SSSR count). The quantitative estimate of drug-likeness (QED) is 0.847. The summed E-state index contributed by atoms with van der Waals surface area (Å²) < 4.78 is 8.18. The van der Waals surface area contributed by atoms with E-state index in [0.717, 1.165) is 70.5 Å². The van der Waals surface area contributed by atoms with E-state index in [1.54, 1.807) is 0 Å². The van der Waals surface area contributed by atoms with E-state index >= 15 is 0 Å². The number of ether oxygens (including phenoxy) is 1. The predicted octanol–water partition coefficient (Wildman–Crippen LogP) is 1.69. The third-order valence-electron chi connectivity index (χ3n) is 4.99. The van der Waals surface area contributed by atoms with E-state index in [1.165, 1.54) is 5.56 Å². The lowest BCUT2D eigenvalue weighted by atomic mass is 10.2. The van der Waals surface area contributed by atoms with Gasteiger partial charge in [0.2, 0.25) is 0 Å². The van der Waals surface area contributed by atoms with Gasteiger partial charge in [-0.15, -0.1) is 0 Å². The minimum Gasteiger partial charge on any atom is -0.376 e. The van der Waals surface area contributed by atoms with Crippen LogP contribution in [0.4, 0.5) is 0 Å². The summed E-state index contributed by atoms with van der Waals surface area (Å²) in [5.41, 5.74) is 1.38. The fourth-order valence-corrected chi connectivity index (χ4v) is 3.82. The second kappa shape index (κ2) is 7.64. The van der Waals surface area contributed by atoms with Gasteiger partial charge in [0.1, 0.15) is 11.6 Å². The van der Waals surface area contributed by atoms with Crippen LogP contribution >= 0.6 is 0 Å². The average Bonchev–Trinajstić information content (AvgIpc) is 2.84. The van der Waals surface area contributed by atoms with Crippen molar-refractivity contribution in [1.29, 1.82) is 0 Å². The van der Waals surface area contributed by atoms with Crippen LogP contribution in [0.3, 0.4) is 0 Å². The molecule has 134 valence electrons. The van der Waals surface area contributed by atoms with Gasteiger partial charge in [0.25, 0.3) is 0 Å². The van der Waals surface area contributed by atoms with Gasteiger partial charge in [-0.3, -0.25) is 9.80 Å². The topological polar surface area (TPSA) is 46.4 Å². The smallest absolute Gasteiger partial charge is 0.147 e. The van der Waals surface area contributed by atoms with Crippen molar-refractivity contribution in [1.82, 2.24) is 24.6 Å². The van der Waals surface area contributed by atoms with Gasteiger partial charge in [-0.2, -0.15) is 5.10 Å². The number of benzene rings is 1. The molecule has 0 bridgehead atoms. The number of aryl methyl sites for hydroxylation is 1. The molecule has 0 aliphatic carbocycles. The van der Waals surface area contributed by atoms with Gasteiger partial charge in [0, 0.05) is 39.3 Å². The van der Waals surface area contributed by atoms with Crippen molar-refractivity contribution in [3.05, 3.63) is 47.5 Å². The van der Waals surface area contributed by atoms with Crippen LogP contribution in [-0.4, -0.2) is 63.5 Å². The number of hydrogen-bond donors (Lipinski definition) is 0. The van der Waals surface area contributed by atoms with Gasteiger partial charge in [-0.25, -0.2) is 9.67 Å². The first-order valence-electron chi connectivity index (χ1n) is 9.27. The van der Waals surface area contributed by atoms with E-state index in [4.69, 9.17) is 4.74 Å². The van der Waals surface area contributed by atoms with Gasteiger partial charge in [-0.05, 0) is 18.9 Å². The lowest BCUT2D eigenvalue weighted by Gasteiger charge is -2.31. The third kappa shape index (κ3) is 4.26. The Morgan fingerprint density at radius 2 is 2.00 bits per heavy atom. The van der Waals surface area contributed by atoms with E-state index in [1.807, 2.05) is 11.6 Å². The molecule has 1 aromatic heterocycles. The molecule has 2 aromatic rings. The molecule has 1 fully saturated rings. The average molecular weight is 341 g/mol. The molecular weight excluding hydrogens is 314 g/mol. The third-order valence-corrected chi connectivity index (χ3v) is 4.99. The molecule has 6 nitrogen and oxygen atoms in total. The van der Waals surface area contributed by atoms with E-state index in [9.17, 15) is 0 Å². The molecule has 6 heteroatoms. The van der Waals surface area contributed by atoms with Crippen LogP contribution in [0.25, 0.3) is 0 Å². The van der Waals surface area contributed by atoms with E-state index < -0.39 is 0 Å². The van der Waals surface area contributed by atoms with E-state index in [2.05, 4.69) is 50.2 Å². The van der Waals surface area contributed by atoms with Crippen molar-refractivity contribution in [2.24, 2.45) is 0 Å². The molecule has 0 radical (unpaired) electrons. The zero-order valence-electron chi connectivity index (χ0n) is 15.0. The van der Waals surface area contributed by atoms with Crippen molar-refractivity contribution in [3.8, 4) is 0 Å². The van der Waals surface area contributed by atoms with Crippen molar-refractivity contribution < 1.29 is 4.74 Å². The van der Waals surface area contributed by atoms with Crippen molar-refractivity contribution >= 4 is 0 Å². The number of aromatic nitrogens is 3. The van der Waals surface area contributed by atoms with Crippen molar-refractivity contribution in [2.75, 3.05) is 32.8 Å². The highest BCUT2D eigenvalue weighted by Crippen LogP contribution is 2.15. The highest BCUT2D eigenvalue weighted by atomic mass is 16.5. The summed E-state index contributed by atoms with van der Waals surface area (Å²) >= 11 is 0. The lowest BCUT2D eigenvalue weighted by Crippen LogP contribution is -2.43. The van der Waals surface area contributed by atoms with Crippen LogP contribution < -0.4 is 0 Å². The van der Waals surface area contributed by atoms with Crippen LogP contribution in [0.15, 0.2) is 30.3 Å². The summed E-state index contributed by atoms with van der Waals surface area (Å²) in [7, 11) is 0. The van der Waals surface area contributed by atoms with E-state index in [-0.39, 0.29) is 6.10 Å². The van der Waals surface area contributed by atoms with Gasteiger partial charge >= 0.3 is 0 Å². The molecule has 1 aromatic carbocycles. The first kappa shape index (κ1) is 16.7. The Morgan fingerprint density at radius 1 is 1.12 bits per heavy atom. The first-order valence-corrected chi connectivity index (χ1v) is 9.27. The maximum absolute atomic E-state index is 6.14. The largest absolute Gasteiger partial charge is 0.376 e. The standard InChI is InChI=1S/C19H27N5O/c1-16-20-19-15-23(9-10-24(19)21-16)14-18-13-22(8-5-11-25-18)12-17-6-3-2-4-7-17/h2-4,6-7,18H,5,8-15H2,1H3/t18-/m0/s1. The number of rotatable bonds is 4. The van der Waals surface area contributed by atoms with Crippen LogP contribution in [-0.2, 0) is 24.4 Å². The van der Waals surface area contributed by atoms with Gasteiger partial charge in [0.15, 0.2) is 0 Å². The molecule has 1 saturated heterocycles. The normalized spacial score (nSPS) is 22.5. The summed E-state index contributed by atoms with van der Waals surface area (Å²) in [6.07, 6.45) is 1.37. The summed E-state index contributed by atoms with van der Waals surface area (Å²) in [4.78, 5) is 9.53. The Kier molecular flexibility index (Phi) is 5.10. The van der Waals surface area contributed by atoms with Crippen molar-refractivity contribution in [2.45, 2.75) is 39.1 Å². The van der Waals surface area contributed by atoms with Crippen LogP contribution in [0.5, 0.6) is 0 Å². The Morgan fingerprint density at radius 3 is 2.88 bits per heavy atom. The van der Waals surface area contributed by atoms with Gasteiger partial charge < -0.3 is 4.74 Å². The summed E-state index contributed by atoms with van der Waals surface area (Å²) in [6.45, 7) is 9.73. The molecule has 0 unspecified atom stereocenters. The molecule has 0 spiro atoms. The molecule has 2 aliphatic heterocycles. The lowest BCUT2D eigenvalue weighted by molar-refractivity contribution is 0.0187. The summed E-state index contributed by atoms with van der Waals surface area (Å²) in [6, 6.07) is 10.7. The van der Waals surface area contributed by atoms with Gasteiger partial charge in [-0.1, -0.05) is 30.3 Å². The first-order chi connectivity index (χ1) is 12.3. The van der Waals surface area contributed by atoms with Crippen molar-refractivity contribution in [3.63, 3.8) is 0 Å². The minimum atomic E-state index is 0.266. The monoisotopic (exact) mass is 341 g/mol. The highest BCUT2D eigenvalue weighted by Gasteiger charge is 2.25. The van der Waals surface area contributed by atoms with Crippen LogP contribution in [0.1, 0.15) is 23.6 Å². The zero-order valence-corrected chi connectivity index (χ0v) is 15.0. The second-order valence-electron chi connectivity index (χ2n) is 7.10. The Balaban J connectivity index is 1.35. The molecule has 0 amide bonds. The molecule has 0 saturated carbocycles. The Hall–Kier alpha value is -1.76. The minimum absolute atomic E-state index is 0.266. The molecular formula is C19H27N5O. The number of nitrogens with zero attached hydrogens (tertiary/aromatic N) is 5. The van der Waals surface area contributed by atoms with Gasteiger partial charge in [0.05, 0.1) is 19.2 Å². The SMILES string of the molecule is Cc1nc2n(n1)CCN(C[C@@H]1CN(Cc3ccccc3)CCCO1)C2. The Labute approximate surface area is 149 Å². The maximum Gasteiger partial charge on any atom is 0.147 e. The fourth-order valence-electron chi connectivity index (χ4n) is 3.82. The summed E-state index contributed by atoms with van der Waals surface area (Å²) in [5, 5.41) is 4.45. The Bertz CT molecular complexity index is 686. The molecule has 0 N–H and O–H groups in total. The molecule has 1 atom stereocenters.